The molecular weight excluding hydrogens is 226 g/mol. The lowest BCUT2D eigenvalue weighted by Gasteiger charge is -2.20. The second-order valence-corrected chi connectivity index (χ2v) is 4.40. The number of hydrogen-bond acceptors (Lipinski definition) is 3. The lowest BCUT2D eigenvalue weighted by molar-refractivity contribution is 0.0935. The minimum atomic E-state index is -1.15. The van der Waals surface area contributed by atoms with Crippen LogP contribution in [0.5, 0.6) is 0 Å². The number of H-pyrrole nitrogens is 1. The van der Waals surface area contributed by atoms with Gasteiger partial charge < -0.3 is 10.1 Å². The predicted molar refractivity (Wildman–Crippen MR) is 69.0 cm³/mol. The maximum Gasteiger partial charge on any atom is 0.177 e. The Balaban J connectivity index is 2.13. The fourth-order valence-corrected chi connectivity index (χ4v) is 1.98. The van der Waals surface area contributed by atoms with Crippen molar-refractivity contribution in [3.05, 3.63) is 60.0 Å². The van der Waals surface area contributed by atoms with E-state index in [0.29, 0.717) is 11.5 Å². The van der Waals surface area contributed by atoms with Gasteiger partial charge in [-0.1, -0.05) is 30.3 Å². The van der Waals surface area contributed by atoms with Gasteiger partial charge in [-0.3, -0.25) is 0 Å². The molecule has 0 radical (unpaired) electrons. The molecule has 0 fully saturated rings. The number of nitrogens with zero attached hydrogens (tertiary/aromatic N) is 2. The van der Waals surface area contributed by atoms with Crippen molar-refractivity contribution in [2.24, 2.45) is 0 Å². The Morgan fingerprint density at radius 1 is 1.11 bits per heavy atom. The van der Waals surface area contributed by atoms with Crippen LogP contribution in [0.25, 0.3) is 11.2 Å². The minimum absolute atomic E-state index is 0.502. The van der Waals surface area contributed by atoms with E-state index >= 15 is 0 Å². The normalized spacial score (nSPS) is 14.6. The first kappa shape index (κ1) is 10.9. The van der Waals surface area contributed by atoms with Gasteiger partial charge in [0.2, 0.25) is 0 Å². The van der Waals surface area contributed by atoms with Gasteiger partial charge in [-0.2, -0.15) is 0 Å². The number of pyridine rings is 1. The minimum Gasteiger partial charge on any atom is -0.377 e. The van der Waals surface area contributed by atoms with E-state index in [1.54, 1.807) is 13.1 Å². The fraction of sp³-hybridized carbons (Fsp3) is 0.143. The standard InChI is InChI=1S/C14H13N3O/c1-14(18,10-6-3-2-4-7-10)13-16-11-8-5-9-15-12(11)17-13/h2-9,18H,1H3,(H,15,16,17). The molecule has 4 heteroatoms. The van der Waals surface area contributed by atoms with Crippen LogP contribution < -0.4 is 0 Å². The molecule has 2 aromatic heterocycles. The smallest absolute Gasteiger partial charge is 0.177 e. The molecule has 4 nitrogen and oxygen atoms in total. The summed E-state index contributed by atoms with van der Waals surface area (Å²) in [6.45, 7) is 1.72. The molecular formula is C14H13N3O. The van der Waals surface area contributed by atoms with E-state index in [9.17, 15) is 5.11 Å². The molecule has 18 heavy (non-hydrogen) atoms. The molecule has 0 spiro atoms. The van der Waals surface area contributed by atoms with Gasteiger partial charge in [0.05, 0.1) is 5.52 Å². The lowest BCUT2D eigenvalue weighted by atomic mass is 9.95. The summed E-state index contributed by atoms with van der Waals surface area (Å²) in [6, 6.07) is 13.2. The summed E-state index contributed by atoms with van der Waals surface area (Å²) in [5.41, 5.74) is 1.08. The zero-order valence-corrected chi connectivity index (χ0v) is 9.96. The SMILES string of the molecule is CC(O)(c1ccccc1)c1nc2ncccc2[nH]1. The van der Waals surface area contributed by atoms with E-state index in [1.807, 2.05) is 42.5 Å². The molecule has 0 bridgehead atoms. The molecule has 2 heterocycles. The van der Waals surface area contributed by atoms with Gasteiger partial charge in [0.25, 0.3) is 0 Å². The summed E-state index contributed by atoms with van der Waals surface area (Å²) >= 11 is 0. The first-order valence-corrected chi connectivity index (χ1v) is 5.77. The maximum absolute atomic E-state index is 10.6. The molecule has 2 N–H and O–H groups in total. The fourth-order valence-electron chi connectivity index (χ4n) is 1.98. The van der Waals surface area contributed by atoms with Crippen LogP contribution in [0, 0.1) is 0 Å². The Bertz CT molecular complexity index is 641. The third kappa shape index (κ3) is 1.67. The first-order valence-electron chi connectivity index (χ1n) is 5.77. The highest BCUT2D eigenvalue weighted by Crippen LogP contribution is 2.27. The maximum atomic E-state index is 10.6. The zero-order chi connectivity index (χ0) is 12.6. The Hall–Kier alpha value is -2.20. The van der Waals surface area contributed by atoms with E-state index in [2.05, 4.69) is 15.0 Å². The second kappa shape index (κ2) is 3.92. The van der Waals surface area contributed by atoms with Gasteiger partial charge in [-0.05, 0) is 24.6 Å². The van der Waals surface area contributed by atoms with Gasteiger partial charge in [0, 0.05) is 6.20 Å². The summed E-state index contributed by atoms with van der Waals surface area (Å²) in [5.74, 6) is 0.502. The summed E-state index contributed by atoms with van der Waals surface area (Å²) < 4.78 is 0. The van der Waals surface area contributed by atoms with Crippen LogP contribution in [-0.4, -0.2) is 20.1 Å². The summed E-state index contributed by atoms with van der Waals surface area (Å²) in [5, 5.41) is 10.6. The van der Waals surface area contributed by atoms with Crippen molar-refractivity contribution in [2.75, 3.05) is 0 Å². The number of aromatic amines is 1. The molecule has 0 saturated carbocycles. The number of rotatable bonds is 2. The number of benzene rings is 1. The van der Waals surface area contributed by atoms with Crippen molar-refractivity contribution in [2.45, 2.75) is 12.5 Å². The topological polar surface area (TPSA) is 61.8 Å². The summed E-state index contributed by atoms with van der Waals surface area (Å²) in [7, 11) is 0. The van der Waals surface area contributed by atoms with Crippen LogP contribution in [-0.2, 0) is 5.60 Å². The van der Waals surface area contributed by atoms with Crippen LogP contribution in [0.3, 0.4) is 0 Å². The lowest BCUT2D eigenvalue weighted by Crippen LogP contribution is -2.24. The highest BCUT2D eigenvalue weighted by atomic mass is 16.3. The van der Waals surface area contributed by atoms with Crippen LogP contribution in [0.15, 0.2) is 48.7 Å². The molecule has 0 amide bonds. The number of aliphatic hydroxyl groups is 1. The van der Waals surface area contributed by atoms with Crippen molar-refractivity contribution in [3.8, 4) is 0 Å². The van der Waals surface area contributed by atoms with E-state index in [4.69, 9.17) is 0 Å². The first-order chi connectivity index (χ1) is 8.68. The monoisotopic (exact) mass is 239 g/mol. The van der Waals surface area contributed by atoms with Crippen molar-refractivity contribution in [1.82, 2.24) is 15.0 Å². The van der Waals surface area contributed by atoms with E-state index < -0.39 is 5.60 Å². The molecule has 0 aliphatic heterocycles. The van der Waals surface area contributed by atoms with Gasteiger partial charge in [-0.15, -0.1) is 0 Å². The average Bonchev–Trinajstić information content (AvgIpc) is 2.84. The van der Waals surface area contributed by atoms with Crippen molar-refractivity contribution in [3.63, 3.8) is 0 Å². The molecule has 0 saturated heterocycles. The predicted octanol–water partition coefficient (Wildman–Crippen LogP) is 2.21. The molecule has 0 aliphatic rings. The van der Waals surface area contributed by atoms with Gasteiger partial charge in [-0.25, -0.2) is 9.97 Å². The highest BCUT2D eigenvalue weighted by molar-refractivity contribution is 5.70. The molecule has 1 atom stereocenters. The number of aromatic nitrogens is 3. The molecule has 3 aromatic rings. The van der Waals surface area contributed by atoms with Crippen molar-refractivity contribution < 1.29 is 5.11 Å². The Morgan fingerprint density at radius 2 is 1.89 bits per heavy atom. The average molecular weight is 239 g/mol. The zero-order valence-electron chi connectivity index (χ0n) is 9.96. The number of fused-ring (bicyclic) bond motifs is 1. The van der Waals surface area contributed by atoms with Crippen LogP contribution >= 0.6 is 0 Å². The molecule has 90 valence electrons. The summed E-state index contributed by atoms with van der Waals surface area (Å²) in [4.78, 5) is 11.6. The number of nitrogens with one attached hydrogen (secondary N) is 1. The quantitative estimate of drug-likeness (QED) is 0.720. The van der Waals surface area contributed by atoms with Crippen LogP contribution in [0.4, 0.5) is 0 Å². The third-order valence-electron chi connectivity index (χ3n) is 3.05. The van der Waals surface area contributed by atoms with Crippen molar-refractivity contribution >= 4 is 11.2 Å². The number of hydrogen-bond donors (Lipinski definition) is 2. The van der Waals surface area contributed by atoms with Crippen LogP contribution in [0.2, 0.25) is 0 Å². The highest BCUT2D eigenvalue weighted by Gasteiger charge is 2.29. The Morgan fingerprint density at radius 3 is 2.61 bits per heavy atom. The van der Waals surface area contributed by atoms with E-state index in [1.165, 1.54) is 0 Å². The molecule has 1 unspecified atom stereocenters. The molecule has 0 aliphatic carbocycles. The largest absolute Gasteiger partial charge is 0.377 e. The van der Waals surface area contributed by atoms with Gasteiger partial charge in [0.1, 0.15) is 11.4 Å². The second-order valence-electron chi connectivity index (χ2n) is 4.40. The van der Waals surface area contributed by atoms with E-state index in [-0.39, 0.29) is 0 Å². The van der Waals surface area contributed by atoms with Gasteiger partial charge >= 0.3 is 0 Å². The Labute approximate surface area is 104 Å². The van der Waals surface area contributed by atoms with Crippen LogP contribution in [0.1, 0.15) is 18.3 Å². The van der Waals surface area contributed by atoms with E-state index in [0.717, 1.165) is 11.1 Å². The summed E-state index contributed by atoms with van der Waals surface area (Å²) in [6.07, 6.45) is 1.68. The molecule has 1 aromatic carbocycles. The number of imidazole rings is 1. The molecule has 3 rings (SSSR count). The Kier molecular flexibility index (Phi) is 2.38. The van der Waals surface area contributed by atoms with Crippen molar-refractivity contribution in [1.29, 1.82) is 0 Å². The third-order valence-corrected chi connectivity index (χ3v) is 3.05. The van der Waals surface area contributed by atoms with Gasteiger partial charge in [0.15, 0.2) is 5.65 Å².